The molecule has 1 aromatic carbocycles. The van der Waals surface area contributed by atoms with Gasteiger partial charge in [-0.1, -0.05) is 18.2 Å². The van der Waals surface area contributed by atoms with Crippen molar-refractivity contribution < 1.29 is 14.5 Å². The van der Waals surface area contributed by atoms with Gasteiger partial charge in [0.1, 0.15) is 5.75 Å². The van der Waals surface area contributed by atoms with E-state index >= 15 is 0 Å². The van der Waals surface area contributed by atoms with Crippen LogP contribution >= 0.6 is 0 Å². The van der Waals surface area contributed by atoms with Crippen molar-refractivity contribution in [3.63, 3.8) is 0 Å². The number of pyridine rings is 1. The highest BCUT2D eigenvalue weighted by molar-refractivity contribution is 6.47. The summed E-state index contributed by atoms with van der Waals surface area (Å²) in [6.45, 7) is 2.24. The maximum atomic E-state index is 12.5. The zero-order valence-corrected chi connectivity index (χ0v) is 13.0. The molecule has 0 radical (unpaired) electrons. The number of ketones is 1. The fraction of sp³-hybridized carbons (Fsp3) is 0.294. The SMILES string of the molecule is Cc1cccc2c1OB(O)C(CC(=O)c1ccnc(CN)c1)C2. The minimum Gasteiger partial charge on any atom is -0.536 e. The highest BCUT2D eigenvalue weighted by Gasteiger charge is 2.36. The highest BCUT2D eigenvalue weighted by Crippen LogP contribution is 2.36. The third kappa shape index (κ3) is 3.28. The first-order valence-electron chi connectivity index (χ1n) is 7.70. The molecule has 0 saturated carbocycles. The molecule has 1 aromatic heterocycles. The van der Waals surface area contributed by atoms with E-state index in [1.807, 2.05) is 25.1 Å². The zero-order chi connectivity index (χ0) is 16.4. The predicted molar refractivity (Wildman–Crippen MR) is 88.3 cm³/mol. The first-order chi connectivity index (χ1) is 11.1. The van der Waals surface area contributed by atoms with Crippen molar-refractivity contribution in [2.75, 3.05) is 0 Å². The van der Waals surface area contributed by atoms with Crippen molar-refractivity contribution in [1.29, 1.82) is 0 Å². The maximum absolute atomic E-state index is 12.5. The van der Waals surface area contributed by atoms with Crippen molar-refractivity contribution in [1.82, 2.24) is 4.98 Å². The summed E-state index contributed by atoms with van der Waals surface area (Å²) in [5.41, 5.74) is 8.83. The van der Waals surface area contributed by atoms with Gasteiger partial charge in [-0.2, -0.15) is 0 Å². The van der Waals surface area contributed by atoms with Gasteiger partial charge in [-0.3, -0.25) is 9.78 Å². The molecule has 2 heterocycles. The molecular formula is C17H19BN2O3. The average Bonchev–Trinajstić information content (AvgIpc) is 2.56. The smallest absolute Gasteiger partial charge is 0.526 e. The van der Waals surface area contributed by atoms with E-state index in [2.05, 4.69) is 4.98 Å². The molecular weight excluding hydrogens is 291 g/mol. The van der Waals surface area contributed by atoms with Gasteiger partial charge in [0.15, 0.2) is 5.78 Å². The molecule has 3 rings (SSSR count). The standard InChI is InChI=1S/C17H19BN2O3/c1-11-3-2-4-13-7-14(18(22)23-17(11)13)9-16(21)12-5-6-20-15(8-12)10-19/h2-6,8,14,22H,7,9-10,19H2,1H3. The number of nitrogens with zero attached hydrogens (tertiary/aromatic N) is 1. The molecule has 0 amide bonds. The van der Waals surface area contributed by atoms with Crippen LogP contribution in [0.25, 0.3) is 0 Å². The molecule has 3 N–H and O–H groups in total. The fourth-order valence-electron chi connectivity index (χ4n) is 2.94. The normalized spacial score (nSPS) is 16.7. The molecule has 1 aliphatic heterocycles. The Morgan fingerprint density at radius 2 is 2.30 bits per heavy atom. The zero-order valence-electron chi connectivity index (χ0n) is 13.0. The Bertz CT molecular complexity index is 736. The van der Waals surface area contributed by atoms with Crippen LogP contribution in [0.4, 0.5) is 0 Å². The topological polar surface area (TPSA) is 85.4 Å². The Kier molecular flexibility index (Phi) is 4.45. The van der Waals surface area contributed by atoms with E-state index in [0.29, 0.717) is 24.2 Å². The minimum atomic E-state index is -0.969. The quantitative estimate of drug-likeness (QED) is 0.665. The molecule has 0 spiro atoms. The predicted octanol–water partition coefficient (Wildman–Crippen LogP) is 1.91. The second kappa shape index (κ2) is 6.52. The van der Waals surface area contributed by atoms with Gasteiger partial charge in [0.05, 0.1) is 5.69 Å². The van der Waals surface area contributed by atoms with E-state index < -0.39 is 7.12 Å². The van der Waals surface area contributed by atoms with Gasteiger partial charge in [-0.15, -0.1) is 0 Å². The van der Waals surface area contributed by atoms with Crippen LogP contribution in [0.15, 0.2) is 36.5 Å². The Morgan fingerprint density at radius 1 is 1.48 bits per heavy atom. The van der Waals surface area contributed by atoms with Gasteiger partial charge < -0.3 is 15.4 Å². The van der Waals surface area contributed by atoms with E-state index in [1.54, 1.807) is 18.3 Å². The number of carbonyl (C=O) groups excluding carboxylic acids is 1. The molecule has 2 aromatic rings. The summed E-state index contributed by atoms with van der Waals surface area (Å²) in [5, 5.41) is 10.2. The number of hydrogen-bond donors (Lipinski definition) is 2. The summed E-state index contributed by atoms with van der Waals surface area (Å²) in [6.07, 6.45) is 2.43. The van der Waals surface area contributed by atoms with Gasteiger partial charge in [0.2, 0.25) is 0 Å². The van der Waals surface area contributed by atoms with Gasteiger partial charge in [0, 0.05) is 30.5 Å². The Hall–Kier alpha value is -2.18. The maximum Gasteiger partial charge on any atom is 0.526 e. The first-order valence-corrected chi connectivity index (χ1v) is 7.70. The summed E-state index contributed by atoms with van der Waals surface area (Å²) >= 11 is 0. The van der Waals surface area contributed by atoms with E-state index in [0.717, 1.165) is 16.9 Å². The third-order valence-corrected chi connectivity index (χ3v) is 4.21. The number of para-hydroxylation sites is 1. The number of nitrogens with two attached hydrogens (primary N) is 1. The molecule has 23 heavy (non-hydrogen) atoms. The van der Waals surface area contributed by atoms with Crippen molar-refractivity contribution in [3.8, 4) is 5.75 Å². The molecule has 118 valence electrons. The van der Waals surface area contributed by atoms with Crippen LogP contribution in [-0.2, 0) is 13.0 Å². The van der Waals surface area contributed by atoms with Gasteiger partial charge in [-0.05, 0) is 36.6 Å². The molecule has 6 heteroatoms. The van der Waals surface area contributed by atoms with Crippen molar-refractivity contribution in [3.05, 3.63) is 58.9 Å². The van der Waals surface area contributed by atoms with Crippen LogP contribution in [0.1, 0.15) is 33.6 Å². The van der Waals surface area contributed by atoms with Crippen LogP contribution in [-0.4, -0.2) is 22.9 Å². The Balaban J connectivity index is 1.76. The van der Waals surface area contributed by atoms with Crippen LogP contribution < -0.4 is 10.4 Å². The summed E-state index contributed by atoms with van der Waals surface area (Å²) in [5.74, 6) is 0.440. The Morgan fingerprint density at radius 3 is 3.09 bits per heavy atom. The fourth-order valence-corrected chi connectivity index (χ4v) is 2.94. The molecule has 1 aliphatic rings. The van der Waals surface area contributed by atoms with E-state index in [9.17, 15) is 9.82 Å². The highest BCUT2D eigenvalue weighted by atomic mass is 16.5. The second-order valence-electron chi connectivity index (χ2n) is 5.90. The largest absolute Gasteiger partial charge is 0.536 e. The lowest BCUT2D eigenvalue weighted by Crippen LogP contribution is -2.35. The lowest BCUT2D eigenvalue weighted by Gasteiger charge is -2.28. The van der Waals surface area contributed by atoms with Crippen molar-refractivity contribution in [2.24, 2.45) is 5.73 Å². The lowest BCUT2D eigenvalue weighted by molar-refractivity contribution is 0.0975. The monoisotopic (exact) mass is 310 g/mol. The summed E-state index contributed by atoms with van der Waals surface area (Å²) in [7, 11) is -0.969. The van der Waals surface area contributed by atoms with Gasteiger partial charge >= 0.3 is 7.12 Å². The van der Waals surface area contributed by atoms with Crippen molar-refractivity contribution >= 4 is 12.9 Å². The van der Waals surface area contributed by atoms with Crippen LogP contribution in [0, 0.1) is 6.92 Å². The summed E-state index contributed by atoms with van der Waals surface area (Å²) in [6, 6.07) is 9.27. The number of carbonyl (C=O) groups is 1. The molecule has 1 atom stereocenters. The lowest BCUT2D eigenvalue weighted by atomic mass is 9.64. The molecule has 0 saturated heterocycles. The van der Waals surface area contributed by atoms with Gasteiger partial charge in [0.25, 0.3) is 0 Å². The third-order valence-electron chi connectivity index (χ3n) is 4.21. The first kappa shape index (κ1) is 15.7. The van der Waals surface area contributed by atoms with Crippen LogP contribution in [0.3, 0.4) is 0 Å². The summed E-state index contributed by atoms with van der Waals surface area (Å²) in [4.78, 5) is 16.6. The number of fused-ring (bicyclic) bond motifs is 1. The van der Waals surface area contributed by atoms with Crippen molar-refractivity contribution in [2.45, 2.75) is 32.1 Å². The average molecular weight is 310 g/mol. The number of Topliss-reactive ketones (excluding diaryl/α,β-unsaturated/α-hetero) is 1. The molecule has 1 unspecified atom stereocenters. The number of rotatable bonds is 4. The molecule has 5 nitrogen and oxygen atoms in total. The summed E-state index contributed by atoms with van der Waals surface area (Å²) < 4.78 is 5.63. The minimum absolute atomic E-state index is 0.0362. The second-order valence-corrected chi connectivity index (χ2v) is 5.90. The Labute approximate surface area is 135 Å². The van der Waals surface area contributed by atoms with E-state index in [-0.39, 0.29) is 18.0 Å². The number of hydrogen-bond acceptors (Lipinski definition) is 5. The van der Waals surface area contributed by atoms with E-state index in [1.165, 1.54) is 0 Å². The van der Waals surface area contributed by atoms with Gasteiger partial charge in [-0.25, -0.2) is 0 Å². The number of benzene rings is 1. The molecule has 0 aliphatic carbocycles. The number of aryl methyl sites for hydroxylation is 1. The van der Waals surface area contributed by atoms with E-state index in [4.69, 9.17) is 10.4 Å². The molecule has 0 bridgehead atoms. The molecule has 0 fully saturated rings. The number of aromatic nitrogens is 1. The van der Waals surface area contributed by atoms with Crippen LogP contribution in [0.2, 0.25) is 5.82 Å². The van der Waals surface area contributed by atoms with Crippen LogP contribution in [0.5, 0.6) is 5.75 Å².